The third kappa shape index (κ3) is 3.91. The molecule has 0 aliphatic carbocycles. The van der Waals surface area contributed by atoms with Gasteiger partial charge in [0.05, 0.1) is 6.04 Å². The van der Waals surface area contributed by atoms with Gasteiger partial charge in [0.15, 0.2) is 0 Å². The van der Waals surface area contributed by atoms with E-state index in [0.29, 0.717) is 6.04 Å². The van der Waals surface area contributed by atoms with Crippen LogP contribution in [-0.2, 0) is 0 Å². The molecule has 0 radical (unpaired) electrons. The molecule has 1 aromatic carbocycles. The molecule has 1 heteroatoms. The summed E-state index contributed by atoms with van der Waals surface area (Å²) in [5, 5.41) is 3.51. The van der Waals surface area contributed by atoms with Gasteiger partial charge in [-0.3, -0.25) is 5.32 Å². The third-order valence-electron chi connectivity index (χ3n) is 3.12. The highest BCUT2D eigenvalue weighted by molar-refractivity contribution is 5.32. The average molecular weight is 229 g/mol. The number of nitrogens with one attached hydrogen (secondary N) is 1. The Kier molecular flexibility index (Phi) is 5.25. The largest absolute Gasteiger partial charge is 0.297 e. The van der Waals surface area contributed by atoms with Crippen LogP contribution in [0.2, 0.25) is 0 Å². The molecule has 1 N–H and O–H groups in total. The van der Waals surface area contributed by atoms with Gasteiger partial charge in [-0.1, -0.05) is 43.0 Å². The van der Waals surface area contributed by atoms with Crippen molar-refractivity contribution < 1.29 is 0 Å². The Labute approximate surface area is 106 Å². The van der Waals surface area contributed by atoms with Crippen molar-refractivity contribution in [3.63, 3.8) is 0 Å². The van der Waals surface area contributed by atoms with Gasteiger partial charge in [0, 0.05) is 6.04 Å². The van der Waals surface area contributed by atoms with Crippen LogP contribution in [-0.4, -0.2) is 6.04 Å². The van der Waals surface area contributed by atoms with Crippen molar-refractivity contribution in [3.05, 3.63) is 34.9 Å². The van der Waals surface area contributed by atoms with E-state index in [-0.39, 0.29) is 6.04 Å². The van der Waals surface area contributed by atoms with Crippen LogP contribution in [0, 0.1) is 26.2 Å². The molecule has 92 valence electrons. The van der Waals surface area contributed by atoms with Crippen LogP contribution in [0.4, 0.5) is 0 Å². The molecule has 1 rings (SSSR count). The zero-order valence-corrected chi connectivity index (χ0v) is 11.4. The van der Waals surface area contributed by atoms with Gasteiger partial charge in [-0.2, -0.15) is 0 Å². The minimum Gasteiger partial charge on any atom is -0.297 e. The molecule has 17 heavy (non-hydrogen) atoms. The minimum atomic E-state index is 0.177. The number of hydrogen-bond donors (Lipinski definition) is 1. The van der Waals surface area contributed by atoms with Gasteiger partial charge >= 0.3 is 0 Å². The number of benzene rings is 1. The Morgan fingerprint density at radius 3 is 2.59 bits per heavy atom. The molecule has 0 aliphatic heterocycles. The van der Waals surface area contributed by atoms with Crippen molar-refractivity contribution in [2.24, 2.45) is 0 Å². The first-order chi connectivity index (χ1) is 8.08. The van der Waals surface area contributed by atoms with Crippen LogP contribution in [0.25, 0.3) is 0 Å². The number of aryl methyl sites for hydroxylation is 2. The SMILES string of the molecule is C#CC(CCC)NC(C)c1ccc(C)cc1C. The normalized spacial score (nSPS) is 14.1. The van der Waals surface area contributed by atoms with Crippen LogP contribution >= 0.6 is 0 Å². The Morgan fingerprint density at radius 1 is 1.35 bits per heavy atom. The molecule has 0 aromatic heterocycles. The molecule has 2 atom stereocenters. The summed E-state index contributed by atoms with van der Waals surface area (Å²) < 4.78 is 0. The summed E-state index contributed by atoms with van der Waals surface area (Å²) in [7, 11) is 0. The lowest BCUT2D eigenvalue weighted by atomic mass is 9.99. The van der Waals surface area contributed by atoms with E-state index >= 15 is 0 Å². The fourth-order valence-electron chi connectivity index (χ4n) is 2.21. The van der Waals surface area contributed by atoms with Crippen LogP contribution in [0.5, 0.6) is 0 Å². The summed E-state index contributed by atoms with van der Waals surface area (Å²) in [5.74, 6) is 2.82. The molecule has 0 saturated heterocycles. The first kappa shape index (κ1) is 13.8. The fraction of sp³-hybridized carbons (Fsp3) is 0.500. The highest BCUT2D eigenvalue weighted by Gasteiger charge is 2.12. The molecule has 1 aromatic rings. The molecule has 0 saturated carbocycles. The van der Waals surface area contributed by atoms with Gasteiger partial charge in [-0.25, -0.2) is 0 Å². The number of rotatable bonds is 5. The lowest BCUT2D eigenvalue weighted by Crippen LogP contribution is -2.30. The van der Waals surface area contributed by atoms with Gasteiger partial charge in [0.25, 0.3) is 0 Å². The highest BCUT2D eigenvalue weighted by Crippen LogP contribution is 2.19. The Hall–Kier alpha value is -1.26. The fourth-order valence-corrected chi connectivity index (χ4v) is 2.21. The van der Waals surface area contributed by atoms with Crippen molar-refractivity contribution in [1.29, 1.82) is 0 Å². The number of terminal acetylenes is 1. The van der Waals surface area contributed by atoms with Crippen molar-refractivity contribution in [2.45, 2.75) is 52.6 Å². The van der Waals surface area contributed by atoms with Crippen LogP contribution in [0.15, 0.2) is 18.2 Å². The summed E-state index contributed by atoms with van der Waals surface area (Å²) in [6.07, 6.45) is 7.68. The second-order valence-electron chi connectivity index (χ2n) is 4.76. The van der Waals surface area contributed by atoms with Crippen molar-refractivity contribution in [3.8, 4) is 12.3 Å². The van der Waals surface area contributed by atoms with Crippen LogP contribution in [0.1, 0.15) is 49.4 Å². The van der Waals surface area contributed by atoms with Crippen molar-refractivity contribution in [2.75, 3.05) is 0 Å². The first-order valence-electron chi connectivity index (χ1n) is 6.37. The highest BCUT2D eigenvalue weighted by atomic mass is 14.9. The van der Waals surface area contributed by atoms with E-state index in [2.05, 4.69) is 57.1 Å². The van der Waals surface area contributed by atoms with E-state index in [4.69, 9.17) is 6.42 Å². The quantitative estimate of drug-likeness (QED) is 0.758. The summed E-state index contributed by atoms with van der Waals surface area (Å²) in [6.45, 7) is 8.62. The maximum atomic E-state index is 5.53. The molecule has 0 fully saturated rings. The standard InChI is InChI=1S/C16H23N/c1-6-8-15(7-2)17-14(5)16-10-9-12(3)11-13(16)4/h2,9-11,14-15,17H,6,8H2,1,3-5H3. The van der Waals surface area contributed by atoms with E-state index in [0.717, 1.165) is 12.8 Å². The molecular weight excluding hydrogens is 206 g/mol. The Bertz CT molecular complexity index is 400. The summed E-state index contributed by atoms with van der Waals surface area (Å²) in [5.41, 5.74) is 3.98. The van der Waals surface area contributed by atoms with E-state index < -0.39 is 0 Å². The smallest absolute Gasteiger partial charge is 0.0691 e. The van der Waals surface area contributed by atoms with E-state index in [1.165, 1.54) is 16.7 Å². The first-order valence-corrected chi connectivity index (χ1v) is 6.37. The van der Waals surface area contributed by atoms with E-state index in [1.807, 2.05) is 0 Å². The maximum Gasteiger partial charge on any atom is 0.0691 e. The second-order valence-corrected chi connectivity index (χ2v) is 4.76. The second kappa shape index (κ2) is 6.47. The van der Waals surface area contributed by atoms with E-state index in [1.54, 1.807) is 0 Å². The lowest BCUT2D eigenvalue weighted by Gasteiger charge is -2.21. The average Bonchev–Trinajstić information content (AvgIpc) is 2.28. The molecule has 0 heterocycles. The zero-order chi connectivity index (χ0) is 12.8. The van der Waals surface area contributed by atoms with Crippen molar-refractivity contribution >= 4 is 0 Å². The number of hydrogen-bond acceptors (Lipinski definition) is 1. The van der Waals surface area contributed by atoms with Crippen molar-refractivity contribution in [1.82, 2.24) is 5.32 Å². The van der Waals surface area contributed by atoms with Gasteiger partial charge in [-0.05, 0) is 38.3 Å². The molecule has 2 unspecified atom stereocenters. The predicted molar refractivity (Wildman–Crippen MR) is 75.0 cm³/mol. The van der Waals surface area contributed by atoms with Gasteiger partial charge in [0.2, 0.25) is 0 Å². The monoisotopic (exact) mass is 229 g/mol. The van der Waals surface area contributed by atoms with Gasteiger partial charge in [0.1, 0.15) is 0 Å². The molecule has 0 amide bonds. The summed E-state index contributed by atoms with van der Waals surface area (Å²) in [6, 6.07) is 7.06. The summed E-state index contributed by atoms with van der Waals surface area (Å²) in [4.78, 5) is 0. The van der Waals surface area contributed by atoms with E-state index in [9.17, 15) is 0 Å². The van der Waals surface area contributed by atoms with Gasteiger partial charge in [-0.15, -0.1) is 6.42 Å². The van der Waals surface area contributed by atoms with Crippen LogP contribution in [0.3, 0.4) is 0 Å². The summed E-state index contributed by atoms with van der Waals surface area (Å²) >= 11 is 0. The molecule has 0 bridgehead atoms. The lowest BCUT2D eigenvalue weighted by molar-refractivity contribution is 0.493. The van der Waals surface area contributed by atoms with Gasteiger partial charge < -0.3 is 0 Å². The minimum absolute atomic E-state index is 0.177. The molecule has 0 aliphatic rings. The van der Waals surface area contributed by atoms with Crippen LogP contribution < -0.4 is 5.32 Å². The Morgan fingerprint density at radius 2 is 2.06 bits per heavy atom. The molecule has 0 spiro atoms. The molecular formula is C16H23N. The zero-order valence-electron chi connectivity index (χ0n) is 11.4. The maximum absolute atomic E-state index is 5.53. The molecule has 1 nitrogen and oxygen atoms in total. The third-order valence-corrected chi connectivity index (χ3v) is 3.12. The predicted octanol–water partition coefficient (Wildman–Crippen LogP) is 3.76. The Balaban J connectivity index is 2.75. The topological polar surface area (TPSA) is 12.0 Å².